The van der Waals surface area contributed by atoms with Crippen LogP contribution in [0.4, 0.5) is 4.79 Å². The zero-order valence-corrected chi connectivity index (χ0v) is 15.1. The Morgan fingerprint density at radius 2 is 1.93 bits per heavy atom. The maximum Gasteiger partial charge on any atom is 0.325 e. The van der Waals surface area contributed by atoms with Gasteiger partial charge in [-0.3, -0.25) is 14.6 Å². The van der Waals surface area contributed by atoms with Crippen LogP contribution in [0.3, 0.4) is 0 Å². The fourth-order valence-corrected chi connectivity index (χ4v) is 3.62. The first kappa shape index (κ1) is 18.0. The fourth-order valence-electron chi connectivity index (χ4n) is 3.62. The third-order valence-corrected chi connectivity index (χ3v) is 5.19. The molecule has 2 atom stereocenters. The van der Waals surface area contributed by atoms with Crippen molar-refractivity contribution in [1.82, 2.24) is 15.1 Å². The molecule has 4 rings (SSSR count). The number of amides is 3. The Labute approximate surface area is 156 Å². The van der Waals surface area contributed by atoms with Crippen molar-refractivity contribution in [2.75, 3.05) is 46.2 Å². The van der Waals surface area contributed by atoms with Gasteiger partial charge in [0.15, 0.2) is 11.5 Å². The van der Waals surface area contributed by atoms with E-state index in [1.165, 1.54) is 0 Å². The summed E-state index contributed by atoms with van der Waals surface area (Å²) in [4.78, 5) is 28.6. The summed E-state index contributed by atoms with van der Waals surface area (Å²) in [5.74, 6) is 0.755. The van der Waals surface area contributed by atoms with Crippen LogP contribution < -0.4 is 14.8 Å². The average molecular weight is 377 g/mol. The molecule has 1 aromatic carbocycles. The number of benzene rings is 1. The van der Waals surface area contributed by atoms with E-state index >= 15 is 0 Å². The van der Waals surface area contributed by atoms with Gasteiger partial charge in [0, 0.05) is 19.6 Å². The van der Waals surface area contributed by atoms with Gasteiger partial charge in [-0.2, -0.15) is 0 Å². The molecule has 2 saturated heterocycles. The zero-order chi connectivity index (χ0) is 19.0. The first-order chi connectivity index (χ1) is 13.0. The molecule has 2 fully saturated rings. The van der Waals surface area contributed by atoms with E-state index in [1.54, 1.807) is 25.1 Å². The van der Waals surface area contributed by atoms with Gasteiger partial charge in [-0.05, 0) is 24.6 Å². The predicted octanol–water partition coefficient (Wildman–Crippen LogP) is -0.125. The van der Waals surface area contributed by atoms with Gasteiger partial charge in [0.2, 0.25) is 6.79 Å². The molecule has 0 spiro atoms. The van der Waals surface area contributed by atoms with Gasteiger partial charge in [-0.25, -0.2) is 4.79 Å². The molecular formula is C18H23N3O6. The van der Waals surface area contributed by atoms with Crippen LogP contribution in [0.25, 0.3) is 0 Å². The van der Waals surface area contributed by atoms with E-state index in [2.05, 4.69) is 10.2 Å². The molecule has 2 N–H and O–H groups in total. The zero-order valence-electron chi connectivity index (χ0n) is 15.1. The third-order valence-electron chi connectivity index (χ3n) is 5.19. The van der Waals surface area contributed by atoms with Gasteiger partial charge in [-0.15, -0.1) is 0 Å². The predicted molar refractivity (Wildman–Crippen MR) is 93.4 cm³/mol. The number of aliphatic hydroxyl groups is 1. The summed E-state index contributed by atoms with van der Waals surface area (Å²) in [6.07, 6.45) is -0.822. The number of aliphatic hydroxyl groups excluding tert-OH is 1. The van der Waals surface area contributed by atoms with E-state index < -0.39 is 23.6 Å². The van der Waals surface area contributed by atoms with Gasteiger partial charge < -0.3 is 24.6 Å². The Morgan fingerprint density at radius 3 is 2.70 bits per heavy atom. The van der Waals surface area contributed by atoms with E-state index in [1.807, 2.05) is 0 Å². The van der Waals surface area contributed by atoms with Crippen molar-refractivity contribution in [3.63, 3.8) is 0 Å². The number of rotatable bonds is 5. The molecule has 0 bridgehead atoms. The van der Waals surface area contributed by atoms with Crippen molar-refractivity contribution in [1.29, 1.82) is 0 Å². The van der Waals surface area contributed by atoms with Gasteiger partial charge in [0.1, 0.15) is 5.54 Å². The summed E-state index contributed by atoms with van der Waals surface area (Å²) in [7, 11) is 0. The summed E-state index contributed by atoms with van der Waals surface area (Å²) >= 11 is 0. The van der Waals surface area contributed by atoms with Crippen LogP contribution in [-0.2, 0) is 15.1 Å². The number of urea groups is 1. The second kappa shape index (κ2) is 6.99. The molecule has 3 heterocycles. The smallest absolute Gasteiger partial charge is 0.325 e. The topological polar surface area (TPSA) is 101 Å². The van der Waals surface area contributed by atoms with Crippen LogP contribution in [0.15, 0.2) is 18.2 Å². The lowest BCUT2D eigenvalue weighted by Gasteiger charge is -2.29. The highest BCUT2D eigenvalue weighted by Gasteiger charge is 2.49. The summed E-state index contributed by atoms with van der Waals surface area (Å²) in [6, 6.07) is 4.65. The number of fused-ring (bicyclic) bond motifs is 1. The monoisotopic (exact) mass is 377 g/mol. The van der Waals surface area contributed by atoms with E-state index in [9.17, 15) is 14.7 Å². The Morgan fingerprint density at radius 1 is 1.19 bits per heavy atom. The largest absolute Gasteiger partial charge is 0.454 e. The minimum atomic E-state index is -1.21. The summed E-state index contributed by atoms with van der Waals surface area (Å²) in [6.45, 7) is 4.83. The lowest BCUT2D eigenvalue weighted by Crippen LogP contribution is -2.46. The van der Waals surface area contributed by atoms with Gasteiger partial charge in [0.05, 0.1) is 25.9 Å². The molecule has 0 unspecified atom stereocenters. The fraction of sp³-hybridized carbons (Fsp3) is 0.556. The van der Waals surface area contributed by atoms with Gasteiger partial charge in [-0.1, -0.05) is 6.07 Å². The standard InChI is InChI=1S/C18H23N3O6/c1-18(12-2-3-14-15(8-12)27-11-26-14)16(23)21(17(24)19-18)10-13(22)9-20-4-6-25-7-5-20/h2-3,8,13,22H,4-7,9-11H2,1H3,(H,19,24)/t13-,18-/m1/s1. The van der Waals surface area contributed by atoms with E-state index in [-0.39, 0.29) is 13.3 Å². The van der Waals surface area contributed by atoms with Crippen molar-refractivity contribution >= 4 is 11.9 Å². The number of carbonyl (C=O) groups excluding carboxylic acids is 2. The molecule has 1 aromatic rings. The summed E-state index contributed by atoms with van der Waals surface area (Å²) < 4.78 is 15.9. The summed E-state index contributed by atoms with van der Waals surface area (Å²) in [5.41, 5.74) is -0.605. The van der Waals surface area contributed by atoms with Gasteiger partial charge in [0.25, 0.3) is 5.91 Å². The van der Waals surface area contributed by atoms with Crippen LogP contribution in [0.5, 0.6) is 11.5 Å². The normalized spacial score (nSPS) is 26.4. The van der Waals surface area contributed by atoms with Crippen LogP contribution in [0, 0.1) is 0 Å². The van der Waals surface area contributed by atoms with Crippen molar-refractivity contribution in [2.24, 2.45) is 0 Å². The molecule has 0 saturated carbocycles. The van der Waals surface area contributed by atoms with Crippen molar-refractivity contribution in [3.05, 3.63) is 23.8 Å². The average Bonchev–Trinajstić information content (AvgIpc) is 3.21. The molecule has 0 aromatic heterocycles. The SMILES string of the molecule is C[C@]1(c2ccc3c(c2)OCO3)NC(=O)N(C[C@H](O)CN2CCOCC2)C1=O. The second-order valence-corrected chi connectivity index (χ2v) is 7.11. The van der Waals surface area contributed by atoms with Crippen LogP contribution >= 0.6 is 0 Å². The van der Waals surface area contributed by atoms with Crippen molar-refractivity contribution in [2.45, 2.75) is 18.6 Å². The molecule has 27 heavy (non-hydrogen) atoms. The van der Waals surface area contributed by atoms with Crippen LogP contribution in [0.2, 0.25) is 0 Å². The molecule has 9 heteroatoms. The van der Waals surface area contributed by atoms with Crippen molar-refractivity contribution in [3.8, 4) is 11.5 Å². The molecule has 9 nitrogen and oxygen atoms in total. The third kappa shape index (κ3) is 3.33. The van der Waals surface area contributed by atoms with E-state index in [4.69, 9.17) is 14.2 Å². The minimum Gasteiger partial charge on any atom is -0.454 e. The molecule has 3 amide bonds. The number of ether oxygens (including phenoxy) is 3. The number of morpholine rings is 1. The molecular weight excluding hydrogens is 354 g/mol. The highest BCUT2D eigenvalue weighted by molar-refractivity contribution is 6.07. The molecule has 0 radical (unpaired) electrons. The molecule has 3 aliphatic heterocycles. The number of nitrogens with one attached hydrogen (secondary N) is 1. The Hall–Kier alpha value is -2.36. The first-order valence-corrected chi connectivity index (χ1v) is 9.00. The number of hydrogen-bond acceptors (Lipinski definition) is 7. The summed E-state index contributed by atoms with van der Waals surface area (Å²) in [5, 5.41) is 13.1. The van der Waals surface area contributed by atoms with Crippen LogP contribution in [-0.4, -0.2) is 79.1 Å². The maximum absolute atomic E-state index is 13.0. The van der Waals surface area contributed by atoms with Crippen molar-refractivity contribution < 1.29 is 28.9 Å². The Bertz CT molecular complexity index is 751. The highest BCUT2D eigenvalue weighted by Crippen LogP contribution is 2.37. The van der Waals surface area contributed by atoms with E-state index in [0.29, 0.717) is 36.8 Å². The number of nitrogens with zero attached hydrogens (tertiary/aromatic N) is 2. The molecule has 146 valence electrons. The first-order valence-electron chi connectivity index (χ1n) is 9.00. The minimum absolute atomic E-state index is 0.0534. The van der Waals surface area contributed by atoms with Crippen LogP contribution in [0.1, 0.15) is 12.5 Å². The molecule has 0 aliphatic carbocycles. The molecule has 3 aliphatic rings. The Kier molecular flexibility index (Phi) is 4.67. The van der Waals surface area contributed by atoms with E-state index in [0.717, 1.165) is 18.0 Å². The number of β-amino-alcohol motifs (C(OH)–C–C–N with tert-alkyl or cyclic N) is 1. The highest BCUT2D eigenvalue weighted by atomic mass is 16.7. The second-order valence-electron chi connectivity index (χ2n) is 7.11. The maximum atomic E-state index is 13.0. The number of imide groups is 1. The Balaban J connectivity index is 1.46. The number of hydrogen-bond donors (Lipinski definition) is 2. The van der Waals surface area contributed by atoms with Gasteiger partial charge >= 0.3 is 6.03 Å². The quantitative estimate of drug-likeness (QED) is 0.690. The number of carbonyl (C=O) groups is 2. The lowest BCUT2D eigenvalue weighted by molar-refractivity contribution is -0.132. The lowest BCUT2D eigenvalue weighted by atomic mass is 9.91.